The maximum atomic E-state index is 9.54. The monoisotopic (exact) mass is 172 g/mol. The van der Waals surface area contributed by atoms with Crippen LogP contribution in [-0.4, -0.2) is 5.11 Å². The number of benzene rings is 2. The number of phenols is 1. The quantitative estimate of drug-likeness (QED) is 0.647. The molecule has 13 heavy (non-hydrogen) atoms. The summed E-state index contributed by atoms with van der Waals surface area (Å²) in [4.78, 5) is 0. The third-order valence-electron chi connectivity index (χ3n) is 2.48. The van der Waals surface area contributed by atoms with Gasteiger partial charge >= 0.3 is 0 Å². The highest BCUT2D eigenvalue weighted by molar-refractivity contribution is 5.90. The van der Waals surface area contributed by atoms with E-state index in [1.165, 1.54) is 16.3 Å². The van der Waals surface area contributed by atoms with Gasteiger partial charge in [-0.2, -0.15) is 0 Å². The van der Waals surface area contributed by atoms with E-state index in [4.69, 9.17) is 0 Å². The van der Waals surface area contributed by atoms with E-state index in [2.05, 4.69) is 19.1 Å². The summed E-state index contributed by atoms with van der Waals surface area (Å²) in [6.45, 7) is 4.01. The average Bonchev–Trinajstić information content (AvgIpc) is 2.12. The highest BCUT2D eigenvalue weighted by Gasteiger charge is 2.03. The number of aryl methyl sites for hydroxylation is 2. The third kappa shape index (κ3) is 1.17. The van der Waals surface area contributed by atoms with Crippen LogP contribution in [0.4, 0.5) is 0 Å². The Hall–Kier alpha value is -1.50. The van der Waals surface area contributed by atoms with Crippen molar-refractivity contribution in [2.45, 2.75) is 13.8 Å². The second-order valence-electron chi connectivity index (χ2n) is 3.38. The minimum absolute atomic E-state index is 0.377. The van der Waals surface area contributed by atoms with Gasteiger partial charge in [0.05, 0.1) is 0 Å². The number of phenolic OH excluding ortho intramolecular Hbond substituents is 1. The van der Waals surface area contributed by atoms with Gasteiger partial charge in [0, 0.05) is 0 Å². The van der Waals surface area contributed by atoms with Gasteiger partial charge in [0.1, 0.15) is 5.75 Å². The van der Waals surface area contributed by atoms with Crippen LogP contribution in [0.1, 0.15) is 11.1 Å². The molecule has 0 heterocycles. The van der Waals surface area contributed by atoms with Gasteiger partial charge in [-0.25, -0.2) is 0 Å². The first kappa shape index (κ1) is 8.11. The molecule has 2 aromatic carbocycles. The maximum Gasteiger partial charge on any atom is 0.119 e. The molecule has 0 bridgehead atoms. The summed E-state index contributed by atoms with van der Waals surface area (Å²) in [6, 6.07) is 9.86. The van der Waals surface area contributed by atoms with Gasteiger partial charge in [0.25, 0.3) is 0 Å². The molecule has 0 aromatic heterocycles. The number of fused-ring (bicyclic) bond motifs is 1. The van der Waals surface area contributed by atoms with Gasteiger partial charge in [-0.15, -0.1) is 0 Å². The Kier molecular flexibility index (Phi) is 1.73. The molecule has 0 atom stereocenters. The van der Waals surface area contributed by atoms with Gasteiger partial charge in [-0.05, 0) is 41.8 Å². The van der Waals surface area contributed by atoms with Crippen LogP contribution < -0.4 is 0 Å². The smallest absolute Gasteiger partial charge is 0.119 e. The van der Waals surface area contributed by atoms with Crippen LogP contribution in [0, 0.1) is 13.8 Å². The minimum Gasteiger partial charge on any atom is -0.508 e. The van der Waals surface area contributed by atoms with Gasteiger partial charge in [-0.3, -0.25) is 0 Å². The highest BCUT2D eigenvalue weighted by Crippen LogP contribution is 2.28. The molecule has 1 N–H and O–H groups in total. The molecule has 66 valence electrons. The predicted molar refractivity (Wildman–Crippen MR) is 55.1 cm³/mol. The fourth-order valence-corrected chi connectivity index (χ4v) is 1.76. The maximum absolute atomic E-state index is 9.54. The fraction of sp³-hybridized carbons (Fsp3) is 0.167. The van der Waals surface area contributed by atoms with Crippen molar-refractivity contribution < 1.29 is 5.11 Å². The summed E-state index contributed by atoms with van der Waals surface area (Å²) >= 11 is 0. The van der Waals surface area contributed by atoms with E-state index in [1.807, 2.05) is 19.1 Å². The van der Waals surface area contributed by atoms with Crippen LogP contribution in [0.5, 0.6) is 5.75 Å². The van der Waals surface area contributed by atoms with Crippen molar-refractivity contribution in [2.75, 3.05) is 0 Å². The van der Waals surface area contributed by atoms with E-state index in [0.717, 1.165) is 5.56 Å². The molecule has 0 aliphatic rings. The van der Waals surface area contributed by atoms with Crippen LogP contribution in [0.15, 0.2) is 30.3 Å². The topological polar surface area (TPSA) is 20.2 Å². The molecule has 0 spiro atoms. The zero-order chi connectivity index (χ0) is 9.42. The SMILES string of the molecule is Cc1cccc2ccc(O)c(C)c12. The zero-order valence-electron chi connectivity index (χ0n) is 7.83. The minimum atomic E-state index is 0.377. The van der Waals surface area contributed by atoms with Crippen LogP contribution in [0.25, 0.3) is 10.8 Å². The molecule has 0 unspecified atom stereocenters. The molecule has 0 fully saturated rings. The standard InChI is InChI=1S/C12H12O/c1-8-4-3-5-10-6-7-11(13)9(2)12(8)10/h3-7,13H,1-2H3. The molecule has 2 rings (SSSR count). The molecular formula is C12H12O. The summed E-state index contributed by atoms with van der Waals surface area (Å²) in [6.07, 6.45) is 0. The van der Waals surface area contributed by atoms with Crippen LogP contribution in [0.2, 0.25) is 0 Å². The predicted octanol–water partition coefficient (Wildman–Crippen LogP) is 3.16. The molecule has 0 aliphatic heterocycles. The fourth-order valence-electron chi connectivity index (χ4n) is 1.76. The van der Waals surface area contributed by atoms with E-state index in [9.17, 15) is 5.11 Å². The Morgan fingerprint density at radius 3 is 2.54 bits per heavy atom. The van der Waals surface area contributed by atoms with E-state index < -0.39 is 0 Å². The van der Waals surface area contributed by atoms with Crippen LogP contribution >= 0.6 is 0 Å². The summed E-state index contributed by atoms with van der Waals surface area (Å²) in [7, 11) is 0. The van der Waals surface area contributed by atoms with Crippen molar-refractivity contribution >= 4 is 10.8 Å². The number of hydrogen-bond acceptors (Lipinski definition) is 1. The van der Waals surface area contributed by atoms with E-state index >= 15 is 0 Å². The summed E-state index contributed by atoms with van der Waals surface area (Å²) in [5, 5.41) is 11.9. The first-order valence-electron chi connectivity index (χ1n) is 4.38. The molecule has 1 nitrogen and oxygen atoms in total. The number of aromatic hydroxyl groups is 1. The van der Waals surface area contributed by atoms with Crippen molar-refractivity contribution in [3.63, 3.8) is 0 Å². The third-order valence-corrected chi connectivity index (χ3v) is 2.48. The van der Waals surface area contributed by atoms with Crippen molar-refractivity contribution in [1.29, 1.82) is 0 Å². The zero-order valence-corrected chi connectivity index (χ0v) is 7.83. The van der Waals surface area contributed by atoms with E-state index in [0.29, 0.717) is 5.75 Å². The molecule has 0 amide bonds. The van der Waals surface area contributed by atoms with E-state index in [-0.39, 0.29) is 0 Å². The van der Waals surface area contributed by atoms with Crippen molar-refractivity contribution in [3.05, 3.63) is 41.5 Å². The largest absolute Gasteiger partial charge is 0.508 e. The highest BCUT2D eigenvalue weighted by atomic mass is 16.3. The van der Waals surface area contributed by atoms with Crippen molar-refractivity contribution in [2.24, 2.45) is 0 Å². The molecule has 0 saturated carbocycles. The number of hydrogen-bond donors (Lipinski definition) is 1. The van der Waals surface area contributed by atoms with Crippen molar-refractivity contribution in [3.8, 4) is 5.75 Å². The second kappa shape index (κ2) is 2.77. The lowest BCUT2D eigenvalue weighted by molar-refractivity contribution is 0.472. The molecular weight excluding hydrogens is 160 g/mol. The van der Waals surface area contributed by atoms with Gasteiger partial charge < -0.3 is 5.11 Å². The Bertz CT molecular complexity index is 458. The Morgan fingerprint density at radius 2 is 1.77 bits per heavy atom. The van der Waals surface area contributed by atoms with Crippen molar-refractivity contribution in [1.82, 2.24) is 0 Å². The average molecular weight is 172 g/mol. The molecule has 0 aliphatic carbocycles. The normalized spacial score (nSPS) is 10.6. The Balaban J connectivity index is 2.97. The van der Waals surface area contributed by atoms with E-state index in [1.54, 1.807) is 6.07 Å². The lowest BCUT2D eigenvalue weighted by Crippen LogP contribution is -1.83. The molecule has 1 heteroatoms. The van der Waals surface area contributed by atoms with Gasteiger partial charge in [0.15, 0.2) is 0 Å². The first-order valence-corrected chi connectivity index (χ1v) is 4.38. The summed E-state index contributed by atoms with van der Waals surface area (Å²) in [5.74, 6) is 0.377. The lowest BCUT2D eigenvalue weighted by atomic mass is 10.0. The summed E-state index contributed by atoms with van der Waals surface area (Å²) in [5.41, 5.74) is 2.18. The Morgan fingerprint density at radius 1 is 1.00 bits per heavy atom. The molecule has 0 radical (unpaired) electrons. The van der Waals surface area contributed by atoms with Gasteiger partial charge in [-0.1, -0.05) is 24.3 Å². The van der Waals surface area contributed by atoms with Crippen LogP contribution in [0.3, 0.4) is 0 Å². The second-order valence-corrected chi connectivity index (χ2v) is 3.38. The first-order chi connectivity index (χ1) is 6.20. The Labute approximate surface area is 77.6 Å². The number of rotatable bonds is 0. The summed E-state index contributed by atoms with van der Waals surface area (Å²) < 4.78 is 0. The molecule has 0 saturated heterocycles. The van der Waals surface area contributed by atoms with Crippen LogP contribution in [-0.2, 0) is 0 Å². The lowest BCUT2D eigenvalue weighted by Gasteiger charge is -2.06. The molecule has 2 aromatic rings. The van der Waals surface area contributed by atoms with Gasteiger partial charge in [0.2, 0.25) is 0 Å².